The van der Waals surface area contributed by atoms with E-state index < -0.39 is 3.23 Å². The van der Waals surface area contributed by atoms with Gasteiger partial charge in [0.1, 0.15) is 9.05 Å². The van der Waals surface area contributed by atoms with E-state index in [4.69, 9.17) is 0 Å². The number of amides is 2. The second-order valence-corrected chi connectivity index (χ2v) is 7.88. The van der Waals surface area contributed by atoms with Gasteiger partial charge in [0.15, 0.2) is 0 Å². The van der Waals surface area contributed by atoms with Gasteiger partial charge in [0.2, 0.25) is 11.8 Å². The summed E-state index contributed by atoms with van der Waals surface area (Å²) in [5.41, 5.74) is 0.683. The van der Waals surface area contributed by atoms with E-state index in [0.717, 1.165) is 4.90 Å². The molecule has 0 saturated carbocycles. The normalized spacial score (nSPS) is 11.1. The summed E-state index contributed by atoms with van der Waals surface area (Å²) in [6, 6.07) is 5.17. The molecule has 0 fully saturated rings. The third kappa shape index (κ3) is 3.61. The standard InChI is InChI=1S/C11H12Br2N2O2/c1-7(16)15(8(2)17)10-6-4-5-9(14-10)11(3,12)13/h4-6H,1-3H3. The Bertz CT molecular complexity index is 441. The van der Waals surface area contributed by atoms with Gasteiger partial charge < -0.3 is 0 Å². The molecular formula is C11H12Br2N2O2. The minimum Gasteiger partial charge on any atom is -0.274 e. The molecule has 0 radical (unpaired) electrons. The van der Waals surface area contributed by atoms with Gasteiger partial charge in [-0.15, -0.1) is 0 Å². The molecule has 2 amide bonds. The van der Waals surface area contributed by atoms with Crippen molar-refractivity contribution in [3.05, 3.63) is 23.9 Å². The van der Waals surface area contributed by atoms with E-state index in [2.05, 4.69) is 36.8 Å². The smallest absolute Gasteiger partial charge is 0.231 e. The first-order valence-corrected chi connectivity index (χ1v) is 6.48. The minimum absolute atomic E-state index is 0.327. The fourth-order valence-electron chi connectivity index (χ4n) is 1.34. The van der Waals surface area contributed by atoms with Crippen LogP contribution in [0.3, 0.4) is 0 Å². The maximum atomic E-state index is 11.4. The molecule has 17 heavy (non-hydrogen) atoms. The van der Waals surface area contributed by atoms with Crippen LogP contribution in [0.2, 0.25) is 0 Å². The molecule has 0 saturated heterocycles. The topological polar surface area (TPSA) is 50.3 Å². The summed E-state index contributed by atoms with van der Waals surface area (Å²) in [7, 11) is 0. The first-order valence-electron chi connectivity index (χ1n) is 4.90. The third-order valence-corrected chi connectivity index (χ3v) is 2.86. The lowest BCUT2D eigenvalue weighted by Crippen LogP contribution is -2.34. The zero-order chi connectivity index (χ0) is 13.2. The van der Waals surface area contributed by atoms with Crippen LogP contribution in [0.5, 0.6) is 0 Å². The Hall–Kier alpha value is -0.750. The molecule has 1 aromatic heterocycles. The van der Waals surface area contributed by atoms with Crippen LogP contribution in [0, 0.1) is 0 Å². The molecule has 0 aliphatic rings. The molecule has 0 aliphatic heterocycles. The van der Waals surface area contributed by atoms with Gasteiger partial charge in [0.05, 0.1) is 5.69 Å². The van der Waals surface area contributed by atoms with Crippen LogP contribution in [0.25, 0.3) is 0 Å². The highest BCUT2D eigenvalue weighted by Crippen LogP contribution is 2.36. The van der Waals surface area contributed by atoms with Crippen molar-refractivity contribution in [2.75, 3.05) is 4.90 Å². The molecule has 0 atom stereocenters. The lowest BCUT2D eigenvalue weighted by Gasteiger charge is -2.19. The number of carbonyl (C=O) groups excluding carboxylic acids is 2. The van der Waals surface area contributed by atoms with Crippen LogP contribution in [0.15, 0.2) is 18.2 Å². The first-order chi connectivity index (χ1) is 7.73. The molecule has 92 valence electrons. The Labute approximate surface area is 117 Å². The summed E-state index contributed by atoms with van der Waals surface area (Å²) in [5, 5.41) is 0. The Morgan fingerprint density at radius 1 is 1.24 bits per heavy atom. The molecule has 1 aromatic rings. The van der Waals surface area contributed by atoms with E-state index in [1.807, 2.05) is 6.92 Å². The molecule has 0 spiro atoms. The van der Waals surface area contributed by atoms with Gasteiger partial charge in [0.25, 0.3) is 0 Å². The summed E-state index contributed by atoms with van der Waals surface area (Å²) in [5.74, 6) is -0.381. The fraction of sp³-hybridized carbons (Fsp3) is 0.364. The van der Waals surface area contributed by atoms with Crippen LogP contribution in [-0.4, -0.2) is 16.8 Å². The average Bonchev–Trinajstić information content (AvgIpc) is 2.15. The number of carbonyl (C=O) groups is 2. The number of hydrogen-bond donors (Lipinski definition) is 0. The van der Waals surface area contributed by atoms with Crippen molar-refractivity contribution < 1.29 is 9.59 Å². The monoisotopic (exact) mass is 362 g/mol. The van der Waals surface area contributed by atoms with E-state index in [9.17, 15) is 9.59 Å². The largest absolute Gasteiger partial charge is 0.274 e. The lowest BCUT2D eigenvalue weighted by atomic mass is 10.3. The molecule has 4 nitrogen and oxygen atoms in total. The Kier molecular flexibility index (Phi) is 4.43. The predicted octanol–water partition coefficient (Wildman–Crippen LogP) is 2.94. The molecule has 0 N–H and O–H groups in total. The Morgan fingerprint density at radius 3 is 2.18 bits per heavy atom. The van der Waals surface area contributed by atoms with Crippen LogP contribution in [0.1, 0.15) is 26.5 Å². The predicted molar refractivity (Wildman–Crippen MR) is 73.3 cm³/mol. The second-order valence-electron chi connectivity index (χ2n) is 3.64. The Balaban J connectivity index is 3.23. The number of pyridine rings is 1. The van der Waals surface area contributed by atoms with Crippen LogP contribution >= 0.6 is 31.9 Å². The van der Waals surface area contributed by atoms with Crippen LogP contribution in [-0.2, 0) is 12.8 Å². The molecule has 1 rings (SSSR count). The van der Waals surface area contributed by atoms with Crippen molar-refractivity contribution in [1.82, 2.24) is 4.98 Å². The molecule has 0 aromatic carbocycles. The van der Waals surface area contributed by atoms with Crippen molar-refractivity contribution in [3.8, 4) is 0 Å². The van der Waals surface area contributed by atoms with Gasteiger partial charge in [-0.2, -0.15) is 0 Å². The summed E-state index contributed by atoms with van der Waals surface area (Å²) in [4.78, 5) is 28.1. The molecule has 0 bridgehead atoms. The quantitative estimate of drug-likeness (QED) is 0.759. The minimum atomic E-state index is -0.491. The number of imide groups is 1. The summed E-state index contributed by atoms with van der Waals surface area (Å²) in [6.45, 7) is 4.53. The maximum absolute atomic E-state index is 11.4. The fourth-order valence-corrected chi connectivity index (χ4v) is 1.78. The molecular weight excluding hydrogens is 352 g/mol. The van der Waals surface area contributed by atoms with E-state index in [0.29, 0.717) is 11.5 Å². The van der Waals surface area contributed by atoms with Crippen molar-refractivity contribution in [3.63, 3.8) is 0 Å². The number of aromatic nitrogens is 1. The van der Waals surface area contributed by atoms with E-state index in [1.54, 1.807) is 18.2 Å². The SMILES string of the molecule is CC(=O)N(C(C)=O)c1cccc(C(C)(Br)Br)n1. The van der Waals surface area contributed by atoms with Crippen molar-refractivity contribution in [2.45, 2.75) is 24.0 Å². The van der Waals surface area contributed by atoms with Crippen LogP contribution < -0.4 is 4.90 Å². The molecule has 0 unspecified atom stereocenters. The first kappa shape index (κ1) is 14.3. The maximum Gasteiger partial charge on any atom is 0.231 e. The second kappa shape index (κ2) is 5.27. The zero-order valence-corrected chi connectivity index (χ0v) is 12.9. The van der Waals surface area contributed by atoms with Gasteiger partial charge in [-0.1, -0.05) is 37.9 Å². The van der Waals surface area contributed by atoms with Gasteiger partial charge >= 0.3 is 0 Å². The number of anilines is 1. The number of alkyl halides is 2. The third-order valence-electron chi connectivity index (χ3n) is 2.04. The highest BCUT2D eigenvalue weighted by molar-refractivity contribution is 9.24. The highest BCUT2D eigenvalue weighted by Gasteiger charge is 2.23. The Morgan fingerprint density at radius 2 is 1.76 bits per heavy atom. The summed E-state index contributed by atoms with van der Waals surface area (Å²) < 4.78 is -0.491. The number of rotatable bonds is 2. The van der Waals surface area contributed by atoms with Crippen LogP contribution in [0.4, 0.5) is 5.82 Å². The van der Waals surface area contributed by atoms with Gasteiger partial charge in [-0.25, -0.2) is 9.88 Å². The number of nitrogens with zero attached hydrogens (tertiary/aromatic N) is 2. The molecule has 0 aliphatic carbocycles. The van der Waals surface area contributed by atoms with E-state index >= 15 is 0 Å². The highest BCUT2D eigenvalue weighted by atomic mass is 79.9. The van der Waals surface area contributed by atoms with Crippen molar-refractivity contribution in [2.24, 2.45) is 0 Å². The average molecular weight is 364 g/mol. The number of hydrogen-bond acceptors (Lipinski definition) is 3. The zero-order valence-electron chi connectivity index (χ0n) is 9.70. The molecule has 6 heteroatoms. The summed E-state index contributed by atoms with van der Waals surface area (Å²) in [6.07, 6.45) is 0. The van der Waals surface area contributed by atoms with Crippen molar-refractivity contribution in [1.29, 1.82) is 0 Å². The molecule has 1 heterocycles. The summed E-state index contributed by atoms with van der Waals surface area (Å²) >= 11 is 6.82. The number of halogens is 2. The lowest BCUT2D eigenvalue weighted by molar-refractivity contribution is -0.124. The van der Waals surface area contributed by atoms with E-state index in [-0.39, 0.29) is 11.8 Å². The van der Waals surface area contributed by atoms with Gasteiger partial charge in [-0.3, -0.25) is 9.59 Å². The van der Waals surface area contributed by atoms with Gasteiger partial charge in [-0.05, 0) is 19.1 Å². The van der Waals surface area contributed by atoms with Crippen molar-refractivity contribution >= 4 is 49.5 Å². The van der Waals surface area contributed by atoms with Gasteiger partial charge in [0, 0.05) is 13.8 Å². The van der Waals surface area contributed by atoms with E-state index in [1.165, 1.54) is 13.8 Å².